The van der Waals surface area contributed by atoms with Crippen LogP contribution in [-0.4, -0.2) is 0 Å². The number of fused-ring (bicyclic) bond motifs is 8. The standard InChI is InChI=1S/C53H40O/c1-3-15-36(16-4-1)49(40-28-29-43-42-23-9-10-27-47(42)54-48(43)34-40)45-25-12-20-38-30-32-53(51(38)45)33-31-39-21-13-26-46(52(39)53)50(37-17-5-2-6-18-37)44-24-11-19-35-14-7-8-22-41(35)44/h1-29,34,49-50H,30-33H2/t49?,50?,53-/m1/s1. The summed E-state index contributed by atoms with van der Waals surface area (Å²) >= 11 is 0. The lowest BCUT2D eigenvalue weighted by Gasteiger charge is -2.35. The van der Waals surface area contributed by atoms with Gasteiger partial charge in [0.25, 0.3) is 0 Å². The molecule has 0 aliphatic heterocycles. The van der Waals surface area contributed by atoms with Crippen molar-refractivity contribution in [1.82, 2.24) is 0 Å². The van der Waals surface area contributed by atoms with Gasteiger partial charge in [-0.3, -0.25) is 0 Å². The van der Waals surface area contributed by atoms with Crippen molar-refractivity contribution in [1.29, 1.82) is 0 Å². The molecule has 8 aromatic carbocycles. The highest BCUT2D eigenvalue weighted by Crippen LogP contribution is 2.58. The van der Waals surface area contributed by atoms with Crippen LogP contribution in [0.4, 0.5) is 0 Å². The van der Waals surface area contributed by atoms with Gasteiger partial charge in [0.2, 0.25) is 0 Å². The Morgan fingerprint density at radius 1 is 0.389 bits per heavy atom. The maximum Gasteiger partial charge on any atom is 0.135 e. The van der Waals surface area contributed by atoms with E-state index in [0.717, 1.165) is 36.8 Å². The van der Waals surface area contributed by atoms with Crippen LogP contribution in [-0.2, 0) is 18.3 Å². The molecule has 1 heterocycles. The Morgan fingerprint density at radius 2 is 0.926 bits per heavy atom. The van der Waals surface area contributed by atoms with Crippen molar-refractivity contribution in [3.63, 3.8) is 0 Å². The monoisotopic (exact) mass is 692 g/mol. The number of furan rings is 1. The van der Waals surface area contributed by atoms with E-state index in [1.165, 1.54) is 66.1 Å². The average Bonchev–Trinajstić information content (AvgIpc) is 3.93. The lowest BCUT2D eigenvalue weighted by molar-refractivity contribution is 0.498. The molecule has 11 rings (SSSR count). The van der Waals surface area contributed by atoms with Crippen molar-refractivity contribution in [3.8, 4) is 0 Å². The predicted molar refractivity (Wildman–Crippen MR) is 223 cm³/mol. The van der Waals surface area contributed by atoms with Crippen LogP contribution >= 0.6 is 0 Å². The molecule has 1 nitrogen and oxygen atoms in total. The number of aryl methyl sites for hydroxylation is 2. The van der Waals surface area contributed by atoms with Gasteiger partial charge in [-0.2, -0.15) is 0 Å². The van der Waals surface area contributed by atoms with Gasteiger partial charge in [-0.25, -0.2) is 0 Å². The first-order chi connectivity index (χ1) is 26.8. The molecule has 2 aliphatic carbocycles. The third-order valence-electron chi connectivity index (χ3n) is 12.7. The molecule has 0 fully saturated rings. The van der Waals surface area contributed by atoms with Gasteiger partial charge >= 0.3 is 0 Å². The number of hydrogen-bond donors (Lipinski definition) is 0. The van der Waals surface area contributed by atoms with Gasteiger partial charge in [0, 0.05) is 28.0 Å². The summed E-state index contributed by atoms with van der Waals surface area (Å²) < 4.78 is 6.50. The Labute approximate surface area is 316 Å². The minimum absolute atomic E-state index is 0.0629. The van der Waals surface area contributed by atoms with Crippen molar-refractivity contribution in [2.75, 3.05) is 0 Å². The zero-order valence-corrected chi connectivity index (χ0v) is 30.2. The molecule has 0 N–H and O–H groups in total. The zero-order valence-electron chi connectivity index (χ0n) is 30.2. The second-order valence-corrected chi connectivity index (χ2v) is 15.5. The van der Waals surface area contributed by atoms with Crippen LogP contribution in [0.3, 0.4) is 0 Å². The number of para-hydroxylation sites is 1. The van der Waals surface area contributed by atoms with E-state index in [1.807, 2.05) is 0 Å². The highest BCUT2D eigenvalue weighted by atomic mass is 16.3. The summed E-state index contributed by atoms with van der Waals surface area (Å²) in [4.78, 5) is 0. The maximum absolute atomic E-state index is 6.50. The summed E-state index contributed by atoms with van der Waals surface area (Å²) in [6.07, 6.45) is 4.44. The molecule has 0 saturated heterocycles. The van der Waals surface area contributed by atoms with E-state index in [4.69, 9.17) is 4.42 Å². The lowest BCUT2D eigenvalue weighted by Crippen LogP contribution is -2.26. The minimum Gasteiger partial charge on any atom is -0.456 e. The second kappa shape index (κ2) is 12.5. The Bertz CT molecular complexity index is 2840. The molecule has 0 radical (unpaired) electrons. The van der Waals surface area contributed by atoms with Gasteiger partial charge < -0.3 is 4.42 Å². The first-order valence-corrected chi connectivity index (χ1v) is 19.5. The van der Waals surface area contributed by atoms with Crippen molar-refractivity contribution in [2.45, 2.75) is 42.9 Å². The second-order valence-electron chi connectivity index (χ2n) is 15.5. The SMILES string of the molecule is c1ccc(C(c2ccc3c(c2)oc2ccccc23)c2cccc3c2[C@@]2(CC3)CCc3cccc(C(c4ccccc4)c4cccc5ccccc45)c32)cc1. The van der Waals surface area contributed by atoms with E-state index in [-0.39, 0.29) is 17.3 Å². The van der Waals surface area contributed by atoms with Crippen molar-refractivity contribution >= 4 is 32.7 Å². The predicted octanol–water partition coefficient (Wildman–Crippen LogP) is 13.3. The molecule has 1 heteroatoms. The van der Waals surface area contributed by atoms with E-state index in [1.54, 1.807) is 11.1 Å². The fourth-order valence-corrected chi connectivity index (χ4v) is 10.5. The molecule has 0 amide bonds. The van der Waals surface area contributed by atoms with Gasteiger partial charge in [-0.1, -0.05) is 170 Å². The van der Waals surface area contributed by atoms with Crippen LogP contribution in [0, 0.1) is 0 Å². The number of hydrogen-bond acceptors (Lipinski definition) is 1. The quantitative estimate of drug-likeness (QED) is 0.158. The molecule has 54 heavy (non-hydrogen) atoms. The van der Waals surface area contributed by atoms with Crippen LogP contribution in [0.2, 0.25) is 0 Å². The number of rotatable bonds is 6. The molecule has 2 unspecified atom stereocenters. The fourth-order valence-electron chi connectivity index (χ4n) is 10.5. The summed E-state index contributed by atoms with van der Waals surface area (Å²) in [5.41, 5.74) is 16.1. The topological polar surface area (TPSA) is 13.1 Å². The van der Waals surface area contributed by atoms with Gasteiger partial charge in [-0.05, 0) is 104 Å². The van der Waals surface area contributed by atoms with Crippen LogP contribution in [0.5, 0.6) is 0 Å². The van der Waals surface area contributed by atoms with E-state index in [2.05, 4.69) is 182 Å². The summed E-state index contributed by atoms with van der Waals surface area (Å²) in [7, 11) is 0. The van der Waals surface area contributed by atoms with E-state index in [9.17, 15) is 0 Å². The molecule has 1 aromatic heterocycles. The summed E-state index contributed by atoms with van der Waals surface area (Å²) in [6, 6.07) is 67.9. The van der Waals surface area contributed by atoms with Crippen molar-refractivity contribution in [3.05, 3.63) is 238 Å². The molecule has 3 atom stereocenters. The number of benzene rings is 8. The molecule has 0 bridgehead atoms. The summed E-state index contributed by atoms with van der Waals surface area (Å²) in [5, 5.41) is 4.96. The first-order valence-electron chi connectivity index (χ1n) is 19.5. The van der Waals surface area contributed by atoms with Gasteiger partial charge in [-0.15, -0.1) is 0 Å². The lowest BCUT2D eigenvalue weighted by atomic mass is 9.68. The normalized spacial score (nSPS) is 17.3. The Balaban J connectivity index is 1.15. The van der Waals surface area contributed by atoms with E-state index >= 15 is 0 Å². The van der Waals surface area contributed by atoms with Crippen LogP contribution in [0.1, 0.15) is 80.3 Å². The largest absolute Gasteiger partial charge is 0.456 e. The highest BCUT2D eigenvalue weighted by molar-refractivity contribution is 6.05. The molecule has 258 valence electrons. The summed E-state index contributed by atoms with van der Waals surface area (Å²) in [6.45, 7) is 0. The van der Waals surface area contributed by atoms with Crippen LogP contribution in [0.15, 0.2) is 186 Å². The van der Waals surface area contributed by atoms with Gasteiger partial charge in [0.05, 0.1) is 0 Å². The summed E-state index contributed by atoms with van der Waals surface area (Å²) in [5.74, 6) is 0.173. The average molecular weight is 693 g/mol. The third kappa shape index (κ3) is 4.78. The molecule has 2 aliphatic rings. The van der Waals surface area contributed by atoms with Crippen molar-refractivity contribution in [2.24, 2.45) is 0 Å². The van der Waals surface area contributed by atoms with E-state index < -0.39 is 0 Å². The smallest absolute Gasteiger partial charge is 0.135 e. The van der Waals surface area contributed by atoms with Crippen LogP contribution in [0.25, 0.3) is 32.7 Å². The highest BCUT2D eigenvalue weighted by Gasteiger charge is 2.49. The molecule has 1 spiro atoms. The third-order valence-corrected chi connectivity index (χ3v) is 12.7. The van der Waals surface area contributed by atoms with E-state index in [0.29, 0.717) is 0 Å². The molecule has 0 saturated carbocycles. The molecule has 9 aromatic rings. The molecular weight excluding hydrogens is 653 g/mol. The van der Waals surface area contributed by atoms with Crippen molar-refractivity contribution < 1.29 is 4.42 Å². The Kier molecular flexibility index (Phi) is 7.24. The Hall–Kier alpha value is -6.18. The van der Waals surface area contributed by atoms with Gasteiger partial charge in [0.1, 0.15) is 11.2 Å². The zero-order chi connectivity index (χ0) is 35.6. The van der Waals surface area contributed by atoms with Crippen LogP contribution < -0.4 is 0 Å². The van der Waals surface area contributed by atoms with Gasteiger partial charge in [0.15, 0.2) is 0 Å². The maximum atomic E-state index is 6.50. The fraction of sp³-hybridized carbons (Fsp3) is 0.132. The first kappa shape index (κ1) is 31.4. The Morgan fingerprint density at radius 3 is 1.65 bits per heavy atom. The minimum atomic E-state index is -0.0774. The molecular formula is C53H40O.